The molecule has 0 spiro atoms. The molecule has 4 heterocycles. The molecule has 1 aliphatic heterocycles. The zero-order valence-electron chi connectivity index (χ0n) is 17.8. The largest absolute Gasteiger partial charge is 0.480 e. The molecule has 2 atom stereocenters. The van der Waals surface area contributed by atoms with E-state index in [0.717, 1.165) is 42.7 Å². The van der Waals surface area contributed by atoms with E-state index in [1.54, 1.807) is 0 Å². The molecule has 0 aromatic carbocycles. The fourth-order valence-electron chi connectivity index (χ4n) is 4.77. The number of ether oxygens (including phenoxy) is 1. The molecule has 1 saturated heterocycles. The minimum atomic E-state index is -4.77. The topological polar surface area (TPSA) is 67.6 Å². The van der Waals surface area contributed by atoms with Gasteiger partial charge in [-0.3, -0.25) is 0 Å². The third-order valence-electron chi connectivity index (χ3n) is 6.19. The predicted molar refractivity (Wildman–Crippen MR) is 112 cm³/mol. The Morgan fingerprint density at radius 1 is 1.12 bits per heavy atom. The molecule has 34 heavy (non-hydrogen) atoms. The fraction of sp³-hybridized carbons (Fsp3) is 0.550. The Bertz CT molecular complexity index is 1180. The van der Waals surface area contributed by atoms with Crippen molar-refractivity contribution in [2.24, 2.45) is 11.8 Å². The maximum Gasteiger partial charge on any atom is 0.433 e. The normalized spacial score (nSPS) is 23.0. The van der Waals surface area contributed by atoms with Crippen LogP contribution < -0.4 is 15.0 Å². The lowest BCUT2D eigenvalue weighted by Crippen LogP contribution is -2.48. The third kappa shape index (κ3) is 4.46. The van der Waals surface area contributed by atoms with E-state index >= 15 is 0 Å². The lowest BCUT2D eigenvalue weighted by molar-refractivity contribution is -0.153. The number of rotatable bonds is 5. The van der Waals surface area contributed by atoms with E-state index in [0.29, 0.717) is 10.6 Å². The van der Waals surface area contributed by atoms with Gasteiger partial charge in [0, 0.05) is 19.1 Å². The molecular weight excluding hydrogens is 486 g/mol. The monoisotopic (exact) mass is 506 g/mol. The van der Waals surface area contributed by atoms with E-state index in [4.69, 9.17) is 4.74 Å². The maximum absolute atomic E-state index is 13.5. The number of alkyl halides is 6. The number of aromatic nitrogens is 4. The van der Waals surface area contributed by atoms with Gasteiger partial charge < -0.3 is 15.0 Å². The second-order valence-corrected chi connectivity index (χ2v) is 9.42. The molecule has 2 unspecified atom stereocenters. The number of nitrogens with zero attached hydrogens (tertiary/aromatic N) is 5. The van der Waals surface area contributed by atoms with Crippen molar-refractivity contribution in [2.45, 2.75) is 38.2 Å². The highest BCUT2D eigenvalue weighted by molar-refractivity contribution is 7.10. The van der Waals surface area contributed by atoms with Crippen LogP contribution >= 0.6 is 11.5 Å². The van der Waals surface area contributed by atoms with Crippen LogP contribution in [0.2, 0.25) is 0 Å². The summed E-state index contributed by atoms with van der Waals surface area (Å²) in [4.78, 5) is 6.36. The van der Waals surface area contributed by atoms with Crippen LogP contribution in [-0.4, -0.2) is 50.9 Å². The fourth-order valence-corrected chi connectivity index (χ4v) is 5.55. The van der Waals surface area contributed by atoms with Crippen molar-refractivity contribution in [1.82, 2.24) is 19.0 Å². The summed E-state index contributed by atoms with van der Waals surface area (Å²) in [6.45, 7) is 1.80. The first-order chi connectivity index (χ1) is 16.0. The quantitative estimate of drug-likeness (QED) is 0.503. The number of hydrogen-bond acceptors (Lipinski definition) is 7. The Balaban J connectivity index is 1.41. The average molecular weight is 506 g/mol. The molecule has 1 N–H and O–H groups in total. The average Bonchev–Trinajstić information content (AvgIpc) is 3.41. The molecule has 14 heteroatoms. The first-order valence-corrected chi connectivity index (χ1v) is 11.4. The van der Waals surface area contributed by atoms with Crippen molar-refractivity contribution in [3.63, 3.8) is 0 Å². The smallest absolute Gasteiger partial charge is 0.433 e. The number of aryl methyl sites for hydroxylation is 1. The number of nitrogens with one attached hydrogen (secondary N) is 1. The SMILES string of the molecule is Cc1cc(N2CC3CCC(C2)C3Nc2nc3c(OCC(F)(F)F)ccc(C(F)(F)F)n3n2)sn1. The number of hydrogen-bond donors (Lipinski definition) is 1. The van der Waals surface area contributed by atoms with E-state index in [1.807, 2.05) is 13.0 Å². The zero-order chi connectivity index (χ0) is 24.3. The van der Waals surface area contributed by atoms with Gasteiger partial charge in [-0.05, 0) is 61.3 Å². The summed E-state index contributed by atoms with van der Waals surface area (Å²) in [6.07, 6.45) is -7.54. The van der Waals surface area contributed by atoms with Crippen LogP contribution in [-0.2, 0) is 6.18 Å². The van der Waals surface area contributed by atoms with Crippen molar-refractivity contribution in [3.8, 4) is 5.75 Å². The summed E-state index contributed by atoms with van der Waals surface area (Å²) in [5.74, 6) is -0.0617. The van der Waals surface area contributed by atoms with Crippen molar-refractivity contribution >= 4 is 28.1 Å². The third-order valence-corrected chi connectivity index (χ3v) is 7.13. The minimum Gasteiger partial charge on any atom is -0.480 e. The van der Waals surface area contributed by atoms with E-state index in [1.165, 1.54) is 11.5 Å². The van der Waals surface area contributed by atoms with Gasteiger partial charge in [0.25, 0.3) is 0 Å². The van der Waals surface area contributed by atoms with Crippen LogP contribution in [0.4, 0.5) is 37.3 Å². The van der Waals surface area contributed by atoms with Crippen LogP contribution in [0, 0.1) is 18.8 Å². The molecule has 0 amide bonds. The maximum atomic E-state index is 13.5. The van der Waals surface area contributed by atoms with Gasteiger partial charge in [0.1, 0.15) is 10.7 Å². The van der Waals surface area contributed by atoms with Crippen LogP contribution in [0.5, 0.6) is 5.75 Å². The van der Waals surface area contributed by atoms with Gasteiger partial charge in [0.15, 0.2) is 18.0 Å². The summed E-state index contributed by atoms with van der Waals surface area (Å²) >= 11 is 1.43. The second-order valence-electron chi connectivity index (χ2n) is 8.63. The molecule has 2 fully saturated rings. The van der Waals surface area contributed by atoms with Gasteiger partial charge in [-0.2, -0.15) is 35.7 Å². The molecule has 0 radical (unpaired) electrons. The molecule has 1 saturated carbocycles. The number of pyridine rings is 1. The number of halogens is 6. The first kappa shape index (κ1) is 23.0. The van der Waals surface area contributed by atoms with Crippen molar-refractivity contribution in [3.05, 3.63) is 29.6 Å². The molecule has 3 aromatic heterocycles. The summed E-state index contributed by atoms with van der Waals surface area (Å²) in [7, 11) is 0. The Kier molecular flexibility index (Phi) is 5.52. The standard InChI is InChI=1S/C20H20F6N6OS/c1-10-6-15(34-30-10)31-7-11-2-3-12(8-31)16(11)27-18-28-17-13(33-9-19(21,22)23)4-5-14(20(24,25)26)32(17)29-18/h4-6,11-12,16H,2-3,7-9H2,1H3,(H,27,29). The highest BCUT2D eigenvalue weighted by Gasteiger charge is 2.43. The van der Waals surface area contributed by atoms with E-state index < -0.39 is 36.1 Å². The summed E-state index contributed by atoms with van der Waals surface area (Å²) in [5, 5.41) is 8.19. The van der Waals surface area contributed by atoms with Crippen LogP contribution in [0.3, 0.4) is 0 Å². The van der Waals surface area contributed by atoms with E-state index in [2.05, 4.69) is 24.7 Å². The first-order valence-electron chi connectivity index (χ1n) is 10.6. The van der Waals surface area contributed by atoms with Crippen molar-refractivity contribution in [2.75, 3.05) is 29.9 Å². The zero-order valence-corrected chi connectivity index (χ0v) is 18.6. The molecule has 184 valence electrons. The second kappa shape index (κ2) is 8.17. The number of fused-ring (bicyclic) bond motifs is 3. The van der Waals surface area contributed by atoms with Crippen molar-refractivity contribution < 1.29 is 31.1 Å². The van der Waals surface area contributed by atoms with Gasteiger partial charge in [0.2, 0.25) is 5.95 Å². The summed E-state index contributed by atoms with van der Waals surface area (Å²) < 4.78 is 87.8. The van der Waals surface area contributed by atoms with Gasteiger partial charge in [-0.15, -0.1) is 5.10 Å². The van der Waals surface area contributed by atoms with Gasteiger partial charge in [-0.25, -0.2) is 4.52 Å². The van der Waals surface area contributed by atoms with Gasteiger partial charge in [0.05, 0.1) is 5.69 Å². The molecule has 7 nitrogen and oxygen atoms in total. The Labute approximate surface area is 193 Å². The summed E-state index contributed by atoms with van der Waals surface area (Å²) in [5.41, 5.74) is -0.627. The lowest BCUT2D eigenvalue weighted by atomic mass is 9.92. The highest BCUT2D eigenvalue weighted by Crippen LogP contribution is 2.41. The molecule has 2 bridgehead atoms. The van der Waals surface area contributed by atoms with Crippen molar-refractivity contribution in [1.29, 1.82) is 0 Å². The molecule has 1 aliphatic carbocycles. The van der Waals surface area contributed by atoms with Gasteiger partial charge >= 0.3 is 12.4 Å². The predicted octanol–water partition coefficient (Wildman–Crippen LogP) is 4.78. The lowest BCUT2D eigenvalue weighted by Gasteiger charge is -2.38. The molecular formula is C20H20F6N6OS. The molecule has 5 rings (SSSR count). The molecule has 2 aliphatic rings. The van der Waals surface area contributed by atoms with Crippen LogP contribution in [0.15, 0.2) is 18.2 Å². The van der Waals surface area contributed by atoms with E-state index in [-0.39, 0.29) is 23.8 Å². The van der Waals surface area contributed by atoms with Crippen LogP contribution in [0.1, 0.15) is 24.2 Å². The molecule has 3 aromatic rings. The number of piperidine rings is 1. The van der Waals surface area contributed by atoms with Crippen LogP contribution in [0.25, 0.3) is 5.65 Å². The highest BCUT2D eigenvalue weighted by atomic mass is 32.1. The van der Waals surface area contributed by atoms with Gasteiger partial charge in [-0.1, -0.05) is 0 Å². The Hall–Kier alpha value is -2.77. The minimum absolute atomic E-state index is 0.0587. The summed E-state index contributed by atoms with van der Waals surface area (Å²) in [6, 6.07) is 3.44. The Morgan fingerprint density at radius 2 is 1.82 bits per heavy atom. The number of anilines is 2. The Morgan fingerprint density at radius 3 is 2.41 bits per heavy atom. The van der Waals surface area contributed by atoms with E-state index in [9.17, 15) is 26.3 Å².